The van der Waals surface area contributed by atoms with Crippen LogP contribution in [0.2, 0.25) is 0 Å². The maximum atomic E-state index is 13.0. The van der Waals surface area contributed by atoms with E-state index < -0.39 is 5.60 Å². The summed E-state index contributed by atoms with van der Waals surface area (Å²) in [5.41, 5.74) is 2.74. The standard InChI is InChI=1S/C24H30N6O2S/c1-15(2)10-25-11-16-5-6-19-18(9-16)28-23(30(19)14-24(3,4)32)29-22(31)21-8-7-20(33-21)17-12-26-27-13-17/h5-9,12-13,15,25,32H,10-11,14H2,1-4H3,(H,26,27)(H,28,29,31). The lowest BCUT2D eigenvalue weighted by molar-refractivity contribution is 0.0630. The summed E-state index contributed by atoms with van der Waals surface area (Å²) in [6, 6.07) is 9.78. The third kappa shape index (κ3) is 5.68. The van der Waals surface area contributed by atoms with Gasteiger partial charge in [0.1, 0.15) is 0 Å². The minimum atomic E-state index is -0.970. The molecule has 0 fully saturated rings. The Labute approximate surface area is 197 Å². The zero-order valence-electron chi connectivity index (χ0n) is 19.3. The van der Waals surface area contributed by atoms with E-state index >= 15 is 0 Å². The number of carbonyl (C=O) groups is 1. The maximum Gasteiger partial charge on any atom is 0.268 e. The molecule has 0 aliphatic heterocycles. The first-order valence-corrected chi connectivity index (χ1v) is 11.8. The summed E-state index contributed by atoms with van der Waals surface area (Å²) in [6.07, 6.45) is 3.52. The molecule has 1 amide bonds. The smallest absolute Gasteiger partial charge is 0.268 e. The van der Waals surface area contributed by atoms with E-state index in [4.69, 9.17) is 4.98 Å². The number of nitrogens with one attached hydrogen (secondary N) is 3. The first-order valence-electron chi connectivity index (χ1n) is 11.0. The van der Waals surface area contributed by atoms with Crippen LogP contribution < -0.4 is 10.6 Å². The van der Waals surface area contributed by atoms with Crippen molar-refractivity contribution < 1.29 is 9.90 Å². The average Bonchev–Trinajstić information content (AvgIpc) is 3.47. The predicted octanol–water partition coefficient (Wildman–Crippen LogP) is 4.26. The Bertz CT molecular complexity index is 1230. The normalized spacial score (nSPS) is 12.1. The fraction of sp³-hybridized carbons (Fsp3) is 0.375. The molecule has 4 N–H and O–H groups in total. The molecule has 8 nitrogen and oxygen atoms in total. The number of benzene rings is 1. The lowest BCUT2D eigenvalue weighted by Gasteiger charge is -2.20. The van der Waals surface area contributed by atoms with Crippen molar-refractivity contribution in [1.29, 1.82) is 0 Å². The van der Waals surface area contributed by atoms with Gasteiger partial charge in [0.15, 0.2) is 0 Å². The van der Waals surface area contributed by atoms with Gasteiger partial charge in [0.25, 0.3) is 5.91 Å². The van der Waals surface area contributed by atoms with Crippen molar-refractivity contribution in [3.8, 4) is 10.4 Å². The molecule has 3 heterocycles. The van der Waals surface area contributed by atoms with Crippen LogP contribution >= 0.6 is 11.3 Å². The van der Waals surface area contributed by atoms with Crippen molar-refractivity contribution in [3.63, 3.8) is 0 Å². The third-order valence-electron chi connectivity index (χ3n) is 5.08. The fourth-order valence-corrected chi connectivity index (χ4v) is 4.48. The first-order chi connectivity index (χ1) is 15.7. The Morgan fingerprint density at radius 1 is 1.27 bits per heavy atom. The number of carbonyl (C=O) groups excluding carboxylic acids is 1. The summed E-state index contributed by atoms with van der Waals surface area (Å²) in [4.78, 5) is 19.2. The van der Waals surface area contributed by atoms with E-state index in [0.29, 0.717) is 23.3 Å². The molecule has 0 aliphatic carbocycles. The summed E-state index contributed by atoms with van der Waals surface area (Å²) in [6.45, 7) is 9.82. The number of hydrogen-bond donors (Lipinski definition) is 4. The number of imidazole rings is 1. The summed E-state index contributed by atoms with van der Waals surface area (Å²) in [7, 11) is 0. The van der Waals surface area contributed by atoms with Crippen molar-refractivity contribution in [2.75, 3.05) is 11.9 Å². The van der Waals surface area contributed by atoms with Gasteiger partial charge in [0.05, 0.1) is 34.3 Å². The van der Waals surface area contributed by atoms with Gasteiger partial charge in [-0.3, -0.25) is 15.2 Å². The summed E-state index contributed by atoms with van der Waals surface area (Å²) in [5.74, 6) is 0.761. The maximum absolute atomic E-state index is 13.0. The van der Waals surface area contributed by atoms with Gasteiger partial charge in [0.2, 0.25) is 5.95 Å². The van der Waals surface area contributed by atoms with Gasteiger partial charge in [-0.1, -0.05) is 19.9 Å². The van der Waals surface area contributed by atoms with Crippen LogP contribution in [0.1, 0.15) is 42.9 Å². The second-order valence-electron chi connectivity index (χ2n) is 9.29. The number of rotatable bonds is 9. The molecule has 0 saturated carbocycles. The molecule has 0 spiro atoms. The minimum absolute atomic E-state index is 0.235. The van der Waals surface area contributed by atoms with Gasteiger partial charge in [-0.05, 0) is 56.1 Å². The van der Waals surface area contributed by atoms with Crippen LogP contribution in [0.3, 0.4) is 0 Å². The molecule has 4 rings (SSSR count). The second kappa shape index (κ2) is 9.46. The number of aliphatic hydroxyl groups is 1. The molecule has 4 aromatic rings. The van der Waals surface area contributed by atoms with E-state index in [0.717, 1.165) is 40.1 Å². The van der Waals surface area contributed by atoms with Gasteiger partial charge in [-0.25, -0.2) is 4.98 Å². The van der Waals surface area contributed by atoms with Crippen LogP contribution in [-0.2, 0) is 13.1 Å². The van der Waals surface area contributed by atoms with Crippen molar-refractivity contribution in [3.05, 3.63) is 53.2 Å². The topological polar surface area (TPSA) is 108 Å². The number of nitrogens with zero attached hydrogens (tertiary/aromatic N) is 3. The number of fused-ring (bicyclic) bond motifs is 1. The largest absolute Gasteiger partial charge is 0.389 e. The lowest BCUT2D eigenvalue weighted by atomic mass is 10.1. The van der Waals surface area contributed by atoms with Crippen LogP contribution in [0.25, 0.3) is 21.5 Å². The number of aromatic amines is 1. The van der Waals surface area contributed by atoms with Crippen molar-refractivity contribution in [2.24, 2.45) is 5.92 Å². The fourth-order valence-electron chi connectivity index (χ4n) is 3.60. The Kier molecular flexibility index (Phi) is 6.64. The molecule has 0 unspecified atom stereocenters. The predicted molar refractivity (Wildman–Crippen MR) is 132 cm³/mol. The van der Waals surface area contributed by atoms with E-state index in [2.05, 4.69) is 40.7 Å². The molecule has 33 heavy (non-hydrogen) atoms. The second-order valence-corrected chi connectivity index (χ2v) is 10.4. The molecule has 0 saturated heterocycles. The molecule has 174 valence electrons. The molecular weight excluding hydrogens is 436 g/mol. The monoisotopic (exact) mass is 466 g/mol. The highest BCUT2D eigenvalue weighted by molar-refractivity contribution is 7.17. The van der Waals surface area contributed by atoms with E-state index in [1.807, 2.05) is 22.8 Å². The van der Waals surface area contributed by atoms with Crippen molar-refractivity contribution >= 4 is 34.2 Å². The number of hydrogen-bond acceptors (Lipinski definition) is 6. The molecule has 9 heteroatoms. The number of anilines is 1. The van der Waals surface area contributed by atoms with Crippen molar-refractivity contribution in [2.45, 2.75) is 46.4 Å². The van der Waals surface area contributed by atoms with E-state index in [1.165, 1.54) is 11.3 Å². The Balaban J connectivity index is 1.60. The van der Waals surface area contributed by atoms with Gasteiger partial charge < -0.3 is 15.0 Å². The molecule has 3 aromatic heterocycles. The number of amides is 1. The lowest BCUT2D eigenvalue weighted by Crippen LogP contribution is -2.27. The van der Waals surface area contributed by atoms with Crippen LogP contribution in [0.4, 0.5) is 5.95 Å². The highest BCUT2D eigenvalue weighted by Crippen LogP contribution is 2.29. The molecule has 0 radical (unpaired) electrons. The minimum Gasteiger partial charge on any atom is -0.389 e. The van der Waals surface area contributed by atoms with Crippen molar-refractivity contribution in [1.82, 2.24) is 25.1 Å². The quantitative estimate of drug-likeness (QED) is 0.295. The zero-order valence-corrected chi connectivity index (χ0v) is 20.2. The summed E-state index contributed by atoms with van der Waals surface area (Å²) < 4.78 is 1.86. The zero-order chi connectivity index (χ0) is 23.6. The molecule has 0 bridgehead atoms. The van der Waals surface area contributed by atoms with Gasteiger partial charge in [-0.15, -0.1) is 11.3 Å². The number of aromatic nitrogens is 4. The Morgan fingerprint density at radius 3 is 2.79 bits per heavy atom. The molecule has 1 aromatic carbocycles. The molecular formula is C24H30N6O2S. The average molecular weight is 467 g/mol. The highest BCUT2D eigenvalue weighted by Gasteiger charge is 2.21. The Morgan fingerprint density at radius 2 is 2.09 bits per heavy atom. The summed E-state index contributed by atoms with van der Waals surface area (Å²) >= 11 is 1.39. The van der Waals surface area contributed by atoms with E-state index in [9.17, 15) is 9.90 Å². The summed E-state index contributed by atoms with van der Waals surface area (Å²) in [5, 5.41) is 23.6. The first kappa shape index (κ1) is 23.2. The van der Waals surface area contributed by atoms with Crippen LogP contribution in [0, 0.1) is 5.92 Å². The van der Waals surface area contributed by atoms with Crippen LogP contribution in [0.5, 0.6) is 0 Å². The third-order valence-corrected chi connectivity index (χ3v) is 6.21. The SMILES string of the molecule is CC(C)CNCc1ccc2c(c1)nc(NC(=O)c1ccc(-c3cn[nH]c3)s1)n2CC(C)(C)O. The van der Waals surface area contributed by atoms with Crippen LogP contribution in [-0.4, -0.2) is 42.9 Å². The van der Waals surface area contributed by atoms with Gasteiger partial charge in [-0.2, -0.15) is 5.10 Å². The van der Waals surface area contributed by atoms with Gasteiger partial charge >= 0.3 is 0 Å². The van der Waals surface area contributed by atoms with E-state index in [1.54, 1.807) is 32.3 Å². The number of thiophene rings is 1. The Hall–Kier alpha value is -3.01. The molecule has 0 atom stereocenters. The number of H-pyrrole nitrogens is 1. The highest BCUT2D eigenvalue weighted by atomic mass is 32.1. The van der Waals surface area contributed by atoms with E-state index in [-0.39, 0.29) is 5.91 Å². The van der Waals surface area contributed by atoms with Crippen LogP contribution in [0.15, 0.2) is 42.7 Å². The van der Waals surface area contributed by atoms with Gasteiger partial charge in [0, 0.05) is 23.2 Å². The molecule has 0 aliphatic rings.